The fourth-order valence-electron chi connectivity index (χ4n) is 5.08. The zero-order valence-electron chi connectivity index (χ0n) is 22.6. The highest BCUT2D eigenvalue weighted by atomic mass is 16.3. The summed E-state index contributed by atoms with van der Waals surface area (Å²) in [5.74, 6) is 0.162. The number of likely N-dealkylation sites (tertiary alicyclic amines) is 1. The maximum absolute atomic E-state index is 9.58. The number of nitrogens with zero attached hydrogens (tertiary/aromatic N) is 2. The molecule has 1 saturated heterocycles. The second kappa shape index (κ2) is 13.9. The molecule has 2 aromatic rings. The standard InChI is InChI=1S/C33H44N2O/c1-6-8-9-10-11-14-29-15-12-13-22-35(29)27(5)31-23-26(4)34-33-21-19-28(24-32(31)33)18-16-25(3)17-20-30(36)7-2/h7,16-21,23-24,29,36H,2,5-6,8-15,22H2,1,3-4H3/b18-16+,25-17+,30-20+/t29-/m1/s1. The molecule has 2 heterocycles. The lowest BCUT2D eigenvalue weighted by molar-refractivity contribution is 0.212. The molecule has 0 aliphatic carbocycles. The summed E-state index contributed by atoms with van der Waals surface area (Å²) in [5, 5.41) is 10.7. The van der Waals surface area contributed by atoms with Crippen LogP contribution in [-0.4, -0.2) is 27.6 Å². The van der Waals surface area contributed by atoms with E-state index in [0.29, 0.717) is 6.04 Å². The van der Waals surface area contributed by atoms with Crippen LogP contribution in [0.25, 0.3) is 22.7 Å². The third-order valence-electron chi connectivity index (χ3n) is 7.15. The number of aliphatic hydroxyl groups excluding tert-OH is 1. The van der Waals surface area contributed by atoms with Gasteiger partial charge in [-0.05, 0) is 75.4 Å². The molecule has 1 atom stereocenters. The Balaban J connectivity index is 1.85. The largest absolute Gasteiger partial charge is 0.508 e. The van der Waals surface area contributed by atoms with Crippen molar-refractivity contribution in [2.75, 3.05) is 6.54 Å². The highest BCUT2D eigenvalue weighted by Crippen LogP contribution is 2.33. The first-order chi connectivity index (χ1) is 17.4. The Morgan fingerprint density at radius 1 is 1.14 bits per heavy atom. The summed E-state index contributed by atoms with van der Waals surface area (Å²) in [4.78, 5) is 7.40. The van der Waals surface area contributed by atoms with Gasteiger partial charge in [-0.1, -0.05) is 82.1 Å². The number of hydrogen-bond acceptors (Lipinski definition) is 3. The molecule has 0 spiro atoms. The molecule has 3 rings (SSSR count). The van der Waals surface area contributed by atoms with Crippen molar-refractivity contribution in [2.24, 2.45) is 0 Å². The predicted molar refractivity (Wildman–Crippen MR) is 157 cm³/mol. The molecule has 1 aliphatic heterocycles. The van der Waals surface area contributed by atoms with E-state index in [9.17, 15) is 5.11 Å². The van der Waals surface area contributed by atoms with Crippen LogP contribution in [0.5, 0.6) is 0 Å². The molecular formula is C33H44N2O. The van der Waals surface area contributed by atoms with Gasteiger partial charge in [0.1, 0.15) is 5.76 Å². The summed E-state index contributed by atoms with van der Waals surface area (Å²) in [6, 6.07) is 9.25. The van der Waals surface area contributed by atoms with E-state index in [4.69, 9.17) is 4.98 Å². The van der Waals surface area contributed by atoms with E-state index in [1.807, 2.05) is 13.0 Å². The first-order valence-electron chi connectivity index (χ1n) is 13.7. The lowest BCUT2D eigenvalue weighted by Crippen LogP contribution is -2.37. The van der Waals surface area contributed by atoms with Gasteiger partial charge in [-0.25, -0.2) is 0 Å². The highest BCUT2D eigenvalue weighted by molar-refractivity contribution is 5.92. The molecule has 3 heteroatoms. The summed E-state index contributed by atoms with van der Waals surface area (Å²) >= 11 is 0. The Kier molecular flexibility index (Phi) is 10.6. The van der Waals surface area contributed by atoms with Crippen LogP contribution < -0.4 is 0 Å². The number of unbranched alkanes of at least 4 members (excludes halogenated alkanes) is 4. The number of hydrogen-bond donors (Lipinski definition) is 1. The molecule has 1 aromatic heterocycles. The minimum atomic E-state index is 0.162. The number of aliphatic hydroxyl groups is 1. The molecule has 0 bridgehead atoms. The zero-order valence-corrected chi connectivity index (χ0v) is 22.6. The molecule has 36 heavy (non-hydrogen) atoms. The molecule has 1 N–H and O–H groups in total. The molecule has 1 fully saturated rings. The number of fused-ring (bicyclic) bond motifs is 1. The van der Waals surface area contributed by atoms with Gasteiger partial charge in [0.05, 0.1) is 5.52 Å². The van der Waals surface area contributed by atoms with E-state index in [1.165, 1.54) is 69.4 Å². The van der Waals surface area contributed by atoms with Gasteiger partial charge < -0.3 is 10.0 Å². The van der Waals surface area contributed by atoms with Crippen LogP contribution in [-0.2, 0) is 0 Å². The van der Waals surface area contributed by atoms with Gasteiger partial charge in [-0.2, -0.15) is 0 Å². The van der Waals surface area contributed by atoms with Crippen LogP contribution in [0.15, 0.2) is 73.1 Å². The van der Waals surface area contributed by atoms with Gasteiger partial charge in [0.2, 0.25) is 0 Å². The molecule has 0 unspecified atom stereocenters. The minimum Gasteiger partial charge on any atom is -0.508 e. The van der Waals surface area contributed by atoms with E-state index < -0.39 is 0 Å². The van der Waals surface area contributed by atoms with Crippen LogP contribution in [0, 0.1) is 6.92 Å². The number of rotatable bonds is 12. The normalized spacial score (nSPS) is 17.2. The van der Waals surface area contributed by atoms with Crippen LogP contribution in [0.2, 0.25) is 0 Å². The molecule has 0 radical (unpaired) electrons. The van der Waals surface area contributed by atoms with Gasteiger partial charge in [0.25, 0.3) is 0 Å². The third-order valence-corrected chi connectivity index (χ3v) is 7.15. The van der Waals surface area contributed by atoms with Crippen molar-refractivity contribution in [1.29, 1.82) is 0 Å². The van der Waals surface area contributed by atoms with Crippen LogP contribution in [0.3, 0.4) is 0 Å². The van der Waals surface area contributed by atoms with Gasteiger partial charge in [-0.15, -0.1) is 0 Å². The number of piperidine rings is 1. The average Bonchev–Trinajstić information content (AvgIpc) is 2.89. The monoisotopic (exact) mass is 484 g/mol. The van der Waals surface area contributed by atoms with Gasteiger partial charge in [-0.3, -0.25) is 4.98 Å². The van der Waals surface area contributed by atoms with Gasteiger partial charge >= 0.3 is 0 Å². The van der Waals surface area contributed by atoms with Crippen LogP contribution in [0.1, 0.15) is 88.5 Å². The Hall–Kier alpha value is -3.07. The highest BCUT2D eigenvalue weighted by Gasteiger charge is 2.24. The quantitative estimate of drug-likeness (QED) is 0.185. The van der Waals surface area contributed by atoms with Crippen molar-refractivity contribution < 1.29 is 5.11 Å². The van der Waals surface area contributed by atoms with Crippen molar-refractivity contribution in [3.05, 3.63) is 89.9 Å². The summed E-state index contributed by atoms with van der Waals surface area (Å²) in [7, 11) is 0. The van der Waals surface area contributed by atoms with Crippen LogP contribution in [0.4, 0.5) is 0 Å². The summed E-state index contributed by atoms with van der Waals surface area (Å²) < 4.78 is 0. The van der Waals surface area contributed by atoms with E-state index >= 15 is 0 Å². The molecule has 1 aromatic carbocycles. The second-order valence-electron chi connectivity index (χ2n) is 10.1. The average molecular weight is 485 g/mol. The maximum Gasteiger partial charge on any atom is 0.114 e. The molecule has 3 nitrogen and oxygen atoms in total. The number of benzene rings is 1. The number of allylic oxidation sites excluding steroid dienone is 5. The fourth-order valence-corrected chi connectivity index (χ4v) is 5.08. The van der Waals surface area contributed by atoms with Crippen molar-refractivity contribution in [3.63, 3.8) is 0 Å². The summed E-state index contributed by atoms with van der Waals surface area (Å²) in [5.41, 5.74) is 6.57. The lowest BCUT2D eigenvalue weighted by Gasteiger charge is -2.39. The van der Waals surface area contributed by atoms with Crippen LogP contribution >= 0.6 is 0 Å². The van der Waals surface area contributed by atoms with E-state index in [-0.39, 0.29) is 5.76 Å². The Labute approximate surface area is 218 Å². The topological polar surface area (TPSA) is 36.4 Å². The van der Waals surface area contributed by atoms with Crippen molar-refractivity contribution in [2.45, 2.75) is 84.6 Å². The van der Waals surface area contributed by atoms with E-state index in [1.54, 1.807) is 6.08 Å². The maximum atomic E-state index is 9.58. The van der Waals surface area contributed by atoms with Gasteiger partial charge in [0.15, 0.2) is 0 Å². The number of pyridine rings is 1. The summed E-state index contributed by atoms with van der Waals surface area (Å²) in [6.07, 6.45) is 20.9. The number of aromatic nitrogens is 1. The zero-order chi connectivity index (χ0) is 25.9. The molecule has 0 saturated carbocycles. The molecule has 0 amide bonds. The molecule has 192 valence electrons. The molecule has 1 aliphatic rings. The SMILES string of the molecule is C=C\C(O)=C/C=C(C)/C=C/c1ccc2nc(C)cc(C(=C)N3CCCC[C@H]3CCCCCCC)c2c1. The Morgan fingerprint density at radius 3 is 2.72 bits per heavy atom. The predicted octanol–water partition coefficient (Wildman–Crippen LogP) is 9.32. The first-order valence-corrected chi connectivity index (χ1v) is 13.7. The number of aryl methyl sites for hydroxylation is 1. The minimum absolute atomic E-state index is 0.162. The first kappa shape index (κ1) is 27.5. The fraction of sp³-hybridized carbons (Fsp3) is 0.424. The molecular weight excluding hydrogens is 440 g/mol. The third kappa shape index (κ3) is 7.71. The van der Waals surface area contributed by atoms with Gasteiger partial charge in [0, 0.05) is 34.9 Å². The van der Waals surface area contributed by atoms with Crippen molar-refractivity contribution in [1.82, 2.24) is 9.88 Å². The second-order valence-corrected chi connectivity index (χ2v) is 10.1. The van der Waals surface area contributed by atoms with E-state index in [0.717, 1.165) is 40.0 Å². The lowest BCUT2D eigenvalue weighted by atomic mass is 9.93. The smallest absolute Gasteiger partial charge is 0.114 e. The van der Waals surface area contributed by atoms with Crippen molar-refractivity contribution >= 4 is 22.7 Å². The van der Waals surface area contributed by atoms with E-state index in [2.05, 4.69) is 68.3 Å². The Bertz CT molecular complexity index is 1140. The summed E-state index contributed by atoms with van der Waals surface area (Å²) in [6.45, 7) is 15.7. The Morgan fingerprint density at radius 2 is 1.94 bits per heavy atom. The van der Waals surface area contributed by atoms with Crippen molar-refractivity contribution in [3.8, 4) is 0 Å².